The molecule has 0 amide bonds. The highest BCUT2D eigenvalue weighted by molar-refractivity contribution is 7.89. The molecule has 0 atom stereocenters. The van der Waals surface area contributed by atoms with Gasteiger partial charge in [-0.3, -0.25) is 0 Å². The first-order valence-electron chi connectivity index (χ1n) is 7.33. The quantitative estimate of drug-likeness (QED) is 0.906. The Morgan fingerprint density at radius 1 is 1.29 bits per heavy atom. The van der Waals surface area contributed by atoms with Crippen molar-refractivity contribution in [2.75, 3.05) is 27.2 Å². The van der Waals surface area contributed by atoms with Crippen molar-refractivity contribution in [1.82, 2.24) is 9.21 Å². The molecular weight excluding hydrogens is 286 g/mol. The van der Waals surface area contributed by atoms with Crippen LogP contribution in [-0.2, 0) is 16.6 Å². The second-order valence-corrected chi connectivity index (χ2v) is 7.75. The van der Waals surface area contributed by atoms with E-state index >= 15 is 0 Å². The Bertz CT molecular complexity index is 591. The molecule has 0 aromatic heterocycles. The second-order valence-electron chi connectivity index (χ2n) is 5.84. The summed E-state index contributed by atoms with van der Waals surface area (Å²) in [5.74, 6) is 0. The second kappa shape index (κ2) is 6.44. The minimum atomic E-state index is -3.42. The first kappa shape index (κ1) is 16.4. The lowest BCUT2D eigenvalue weighted by Crippen LogP contribution is -2.44. The van der Waals surface area contributed by atoms with Gasteiger partial charge < -0.3 is 10.6 Å². The molecule has 2 rings (SSSR count). The molecule has 1 saturated heterocycles. The van der Waals surface area contributed by atoms with E-state index in [-0.39, 0.29) is 0 Å². The molecule has 1 fully saturated rings. The van der Waals surface area contributed by atoms with E-state index < -0.39 is 10.0 Å². The van der Waals surface area contributed by atoms with Crippen molar-refractivity contribution in [1.29, 1.82) is 0 Å². The van der Waals surface area contributed by atoms with Crippen LogP contribution in [0, 0.1) is 6.92 Å². The minimum Gasteiger partial charge on any atom is -0.326 e. The van der Waals surface area contributed by atoms with Crippen LogP contribution in [0.1, 0.15) is 24.0 Å². The SMILES string of the molecule is Cc1c(CN)cccc1S(=O)(=O)N1CCC(N(C)C)CC1. The van der Waals surface area contributed by atoms with E-state index in [2.05, 4.69) is 4.90 Å². The van der Waals surface area contributed by atoms with Crippen LogP contribution in [0.2, 0.25) is 0 Å². The fraction of sp³-hybridized carbons (Fsp3) is 0.600. The molecule has 6 heteroatoms. The predicted octanol–water partition coefficient (Wildman–Crippen LogP) is 1.17. The van der Waals surface area contributed by atoms with Crippen LogP contribution in [0.3, 0.4) is 0 Å². The van der Waals surface area contributed by atoms with Crippen molar-refractivity contribution >= 4 is 10.0 Å². The van der Waals surface area contributed by atoms with E-state index in [1.807, 2.05) is 27.1 Å². The van der Waals surface area contributed by atoms with Crippen molar-refractivity contribution in [2.45, 2.75) is 37.2 Å². The summed E-state index contributed by atoms with van der Waals surface area (Å²) in [7, 11) is 0.675. The number of rotatable bonds is 4. The Balaban J connectivity index is 2.24. The van der Waals surface area contributed by atoms with Crippen LogP contribution >= 0.6 is 0 Å². The molecule has 21 heavy (non-hydrogen) atoms. The molecule has 1 heterocycles. The Morgan fingerprint density at radius 3 is 2.43 bits per heavy atom. The topological polar surface area (TPSA) is 66.6 Å². The van der Waals surface area contributed by atoms with Crippen molar-refractivity contribution in [3.63, 3.8) is 0 Å². The van der Waals surface area contributed by atoms with E-state index in [1.54, 1.807) is 16.4 Å². The number of hydrogen-bond donors (Lipinski definition) is 1. The summed E-state index contributed by atoms with van der Waals surface area (Å²) in [6.45, 7) is 3.36. The number of benzene rings is 1. The summed E-state index contributed by atoms with van der Waals surface area (Å²) < 4.78 is 27.3. The molecule has 1 aliphatic heterocycles. The zero-order chi connectivity index (χ0) is 15.6. The van der Waals surface area contributed by atoms with Crippen LogP contribution in [-0.4, -0.2) is 50.8 Å². The maximum Gasteiger partial charge on any atom is 0.243 e. The molecule has 0 aliphatic carbocycles. The van der Waals surface area contributed by atoms with Gasteiger partial charge in [-0.25, -0.2) is 8.42 Å². The molecule has 0 unspecified atom stereocenters. The lowest BCUT2D eigenvalue weighted by molar-refractivity contribution is 0.196. The van der Waals surface area contributed by atoms with Gasteiger partial charge in [0, 0.05) is 25.7 Å². The van der Waals surface area contributed by atoms with Gasteiger partial charge in [-0.15, -0.1) is 0 Å². The summed E-state index contributed by atoms with van der Waals surface area (Å²) in [5.41, 5.74) is 7.34. The summed E-state index contributed by atoms with van der Waals surface area (Å²) in [5, 5.41) is 0. The number of sulfonamides is 1. The first-order valence-corrected chi connectivity index (χ1v) is 8.77. The fourth-order valence-electron chi connectivity index (χ4n) is 2.90. The van der Waals surface area contributed by atoms with Crippen LogP contribution in [0.25, 0.3) is 0 Å². The largest absolute Gasteiger partial charge is 0.326 e. The molecule has 118 valence electrons. The molecule has 0 saturated carbocycles. The number of nitrogens with zero attached hydrogens (tertiary/aromatic N) is 2. The zero-order valence-corrected chi connectivity index (χ0v) is 13.9. The van der Waals surface area contributed by atoms with Crippen molar-refractivity contribution in [3.05, 3.63) is 29.3 Å². The summed E-state index contributed by atoms with van der Waals surface area (Å²) in [6, 6.07) is 5.80. The van der Waals surface area contributed by atoms with Gasteiger partial charge in [-0.1, -0.05) is 12.1 Å². The standard InChI is InChI=1S/C15H25N3O2S/c1-12-13(11-16)5-4-6-15(12)21(19,20)18-9-7-14(8-10-18)17(2)3/h4-6,14H,7-11,16H2,1-3H3. The first-order chi connectivity index (χ1) is 9.87. The lowest BCUT2D eigenvalue weighted by atomic mass is 10.1. The predicted molar refractivity (Wildman–Crippen MR) is 84.5 cm³/mol. The van der Waals surface area contributed by atoms with Gasteiger partial charge in [0.15, 0.2) is 0 Å². The van der Waals surface area contributed by atoms with Gasteiger partial charge >= 0.3 is 0 Å². The molecule has 1 aromatic carbocycles. The highest BCUT2D eigenvalue weighted by Gasteiger charge is 2.31. The lowest BCUT2D eigenvalue weighted by Gasteiger charge is -2.34. The number of nitrogens with two attached hydrogens (primary N) is 1. The molecule has 0 radical (unpaired) electrons. The Kier molecular flexibility index (Phi) is 5.03. The van der Waals surface area contributed by atoms with E-state index in [4.69, 9.17) is 5.73 Å². The molecule has 5 nitrogen and oxygen atoms in total. The molecule has 0 spiro atoms. The Hall–Kier alpha value is -0.950. The summed E-state index contributed by atoms with van der Waals surface area (Å²) >= 11 is 0. The molecule has 2 N–H and O–H groups in total. The Morgan fingerprint density at radius 2 is 1.90 bits per heavy atom. The van der Waals surface area contributed by atoms with E-state index in [0.29, 0.717) is 30.6 Å². The zero-order valence-electron chi connectivity index (χ0n) is 13.0. The monoisotopic (exact) mass is 311 g/mol. The van der Waals surface area contributed by atoms with Crippen LogP contribution in [0.4, 0.5) is 0 Å². The van der Waals surface area contributed by atoms with Gasteiger partial charge in [-0.2, -0.15) is 4.31 Å². The third-order valence-electron chi connectivity index (χ3n) is 4.39. The Labute approximate surface area is 127 Å². The van der Waals surface area contributed by atoms with E-state index in [0.717, 1.165) is 24.0 Å². The smallest absolute Gasteiger partial charge is 0.243 e. The van der Waals surface area contributed by atoms with Crippen LogP contribution < -0.4 is 5.73 Å². The average Bonchev–Trinajstić information content (AvgIpc) is 2.47. The van der Waals surface area contributed by atoms with Crippen molar-refractivity contribution in [3.8, 4) is 0 Å². The van der Waals surface area contributed by atoms with E-state index in [1.165, 1.54) is 0 Å². The fourth-order valence-corrected chi connectivity index (χ4v) is 4.64. The minimum absolute atomic E-state index is 0.359. The maximum atomic E-state index is 12.8. The molecular formula is C15H25N3O2S. The highest BCUT2D eigenvalue weighted by atomic mass is 32.2. The van der Waals surface area contributed by atoms with Gasteiger partial charge in [-0.05, 0) is 51.1 Å². The third kappa shape index (κ3) is 3.29. The van der Waals surface area contributed by atoms with Gasteiger partial charge in [0.25, 0.3) is 0 Å². The molecule has 0 bridgehead atoms. The van der Waals surface area contributed by atoms with Crippen molar-refractivity contribution in [2.24, 2.45) is 5.73 Å². The number of piperidine rings is 1. The molecule has 1 aromatic rings. The summed E-state index contributed by atoms with van der Waals surface area (Å²) in [4.78, 5) is 2.57. The normalized spacial score (nSPS) is 18.3. The van der Waals surface area contributed by atoms with E-state index in [9.17, 15) is 8.42 Å². The van der Waals surface area contributed by atoms with Gasteiger partial charge in [0.1, 0.15) is 0 Å². The van der Waals surface area contributed by atoms with Gasteiger partial charge in [0.05, 0.1) is 4.90 Å². The third-order valence-corrected chi connectivity index (χ3v) is 6.43. The van der Waals surface area contributed by atoms with Gasteiger partial charge in [0.2, 0.25) is 10.0 Å². The van der Waals surface area contributed by atoms with Crippen LogP contribution in [0.15, 0.2) is 23.1 Å². The molecule has 1 aliphatic rings. The maximum absolute atomic E-state index is 12.8. The highest BCUT2D eigenvalue weighted by Crippen LogP contribution is 2.26. The summed E-state index contributed by atoms with van der Waals surface area (Å²) in [6.07, 6.45) is 1.75. The van der Waals surface area contributed by atoms with Crippen molar-refractivity contribution < 1.29 is 8.42 Å². The van der Waals surface area contributed by atoms with Crippen LogP contribution in [0.5, 0.6) is 0 Å². The average molecular weight is 311 g/mol. The number of hydrogen-bond acceptors (Lipinski definition) is 4.